The van der Waals surface area contributed by atoms with Crippen LogP contribution < -0.4 is 5.32 Å². The predicted molar refractivity (Wildman–Crippen MR) is 82.6 cm³/mol. The van der Waals surface area contributed by atoms with E-state index in [0.717, 1.165) is 29.1 Å². The first-order chi connectivity index (χ1) is 9.54. The van der Waals surface area contributed by atoms with E-state index in [2.05, 4.69) is 18.3 Å². The maximum Gasteiger partial charge on any atom is 0.123 e. The first-order valence-electron chi connectivity index (χ1n) is 6.77. The molecular formula is C17H19ClFN. The van der Waals surface area contributed by atoms with Gasteiger partial charge < -0.3 is 5.32 Å². The molecule has 0 amide bonds. The molecule has 0 radical (unpaired) electrons. The fraction of sp³-hybridized carbons (Fsp3) is 0.294. The first-order valence-corrected chi connectivity index (χ1v) is 7.15. The maximum absolute atomic E-state index is 13.0. The monoisotopic (exact) mass is 291 g/mol. The largest absolute Gasteiger partial charge is 0.310 e. The smallest absolute Gasteiger partial charge is 0.123 e. The Balaban J connectivity index is 1.90. The Kier molecular flexibility index (Phi) is 5.16. The van der Waals surface area contributed by atoms with E-state index in [-0.39, 0.29) is 5.82 Å². The molecule has 0 fully saturated rings. The van der Waals surface area contributed by atoms with Crippen molar-refractivity contribution in [3.63, 3.8) is 0 Å². The molecule has 1 nitrogen and oxygen atoms in total. The van der Waals surface area contributed by atoms with Gasteiger partial charge in [-0.15, -0.1) is 0 Å². The molecule has 0 saturated carbocycles. The Hall–Kier alpha value is -1.38. The van der Waals surface area contributed by atoms with Gasteiger partial charge >= 0.3 is 0 Å². The van der Waals surface area contributed by atoms with Gasteiger partial charge in [0.1, 0.15) is 5.82 Å². The van der Waals surface area contributed by atoms with Gasteiger partial charge in [-0.3, -0.25) is 0 Å². The molecule has 0 aliphatic carbocycles. The summed E-state index contributed by atoms with van der Waals surface area (Å²) in [6.07, 6.45) is 0.917. The summed E-state index contributed by atoms with van der Waals surface area (Å²) in [5, 5.41) is 4.23. The number of aryl methyl sites for hydroxylation is 1. The molecule has 1 atom stereocenters. The molecule has 0 aromatic heterocycles. The fourth-order valence-electron chi connectivity index (χ4n) is 2.23. The van der Waals surface area contributed by atoms with Crippen molar-refractivity contribution in [1.82, 2.24) is 5.32 Å². The number of halogens is 2. The fourth-order valence-corrected chi connectivity index (χ4v) is 2.44. The molecule has 1 unspecified atom stereocenters. The molecule has 0 saturated heterocycles. The van der Waals surface area contributed by atoms with Crippen LogP contribution in [0, 0.1) is 12.7 Å². The SMILES string of the molecule is Cc1cc(F)ccc1CNC(C)Cc1cccc(Cl)c1. The predicted octanol–water partition coefficient (Wildman–Crippen LogP) is 4.51. The van der Waals surface area contributed by atoms with Crippen LogP contribution in [0.2, 0.25) is 5.02 Å². The number of benzene rings is 2. The summed E-state index contributed by atoms with van der Waals surface area (Å²) in [5.74, 6) is -0.182. The van der Waals surface area contributed by atoms with Crippen molar-refractivity contribution in [2.45, 2.75) is 32.9 Å². The molecule has 106 valence electrons. The van der Waals surface area contributed by atoms with Crippen molar-refractivity contribution in [1.29, 1.82) is 0 Å². The zero-order chi connectivity index (χ0) is 14.5. The van der Waals surface area contributed by atoms with Gasteiger partial charge in [-0.2, -0.15) is 0 Å². The summed E-state index contributed by atoms with van der Waals surface area (Å²) in [6.45, 7) is 4.81. The Morgan fingerprint density at radius 1 is 1.20 bits per heavy atom. The molecular weight excluding hydrogens is 273 g/mol. The summed E-state index contributed by atoms with van der Waals surface area (Å²) >= 11 is 5.98. The Morgan fingerprint density at radius 3 is 2.70 bits per heavy atom. The van der Waals surface area contributed by atoms with Crippen molar-refractivity contribution < 1.29 is 4.39 Å². The second-order valence-corrected chi connectivity index (χ2v) is 5.62. The zero-order valence-electron chi connectivity index (χ0n) is 11.8. The summed E-state index contributed by atoms with van der Waals surface area (Å²) < 4.78 is 13.0. The van der Waals surface area contributed by atoms with Crippen LogP contribution in [0.25, 0.3) is 0 Å². The summed E-state index contributed by atoms with van der Waals surface area (Å²) in [7, 11) is 0. The molecule has 2 rings (SSSR count). The van der Waals surface area contributed by atoms with E-state index in [1.54, 1.807) is 6.07 Å². The highest BCUT2D eigenvalue weighted by molar-refractivity contribution is 6.30. The second-order valence-electron chi connectivity index (χ2n) is 5.19. The quantitative estimate of drug-likeness (QED) is 0.855. The first kappa shape index (κ1) is 15.0. The van der Waals surface area contributed by atoms with E-state index in [1.807, 2.05) is 31.2 Å². The number of hydrogen-bond donors (Lipinski definition) is 1. The topological polar surface area (TPSA) is 12.0 Å². The van der Waals surface area contributed by atoms with Gasteiger partial charge in [-0.1, -0.05) is 29.8 Å². The normalized spacial score (nSPS) is 12.4. The number of hydrogen-bond acceptors (Lipinski definition) is 1. The van der Waals surface area contributed by atoms with E-state index in [9.17, 15) is 4.39 Å². The zero-order valence-corrected chi connectivity index (χ0v) is 12.5. The van der Waals surface area contributed by atoms with Gasteiger partial charge in [0.25, 0.3) is 0 Å². The Bertz CT molecular complexity index is 583. The van der Waals surface area contributed by atoms with Crippen molar-refractivity contribution in [2.75, 3.05) is 0 Å². The second kappa shape index (κ2) is 6.87. The van der Waals surface area contributed by atoms with Crippen LogP contribution >= 0.6 is 11.6 Å². The number of rotatable bonds is 5. The molecule has 2 aromatic carbocycles. The summed E-state index contributed by atoms with van der Waals surface area (Å²) in [5.41, 5.74) is 3.32. The average molecular weight is 292 g/mol. The van der Waals surface area contributed by atoms with Crippen molar-refractivity contribution in [2.24, 2.45) is 0 Å². The van der Waals surface area contributed by atoms with Crippen LogP contribution in [0.4, 0.5) is 4.39 Å². The van der Waals surface area contributed by atoms with Crippen LogP contribution in [0.3, 0.4) is 0 Å². The molecule has 1 N–H and O–H groups in total. The van der Waals surface area contributed by atoms with E-state index in [0.29, 0.717) is 6.04 Å². The summed E-state index contributed by atoms with van der Waals surface area (Å²) in [6, 6.07) is 13.2. The lowest BCUT2D eigenvalue weighted by Crippen LogP contribution is -2.27. The van der Waals surface area contributed by atoms with Gasteiger partial charge in [0, 0.05) is 17.6 Å². The van der Waals surface area contributed by atoms with E-state index in [4.69, 9.17) is 11.6 Å². The van der Waals surface area contributed by atoms with Gasteiger partial charge in [-0.25, -0.2) is 4.39 Å². The van der Waals surface area contributed by atoms with Gasteiger partial charge in [-0.05, 0) is 61.2 Å². The molecule has 20 heavy (non-hydrogen) atoms. The Morgan fingerprint density at radius 2 is 2.00 bits per heavy atom. The highest BCUT2D eigenvalue weighted by atomic mass is 35.5. The third-order valence-electron chi connectivity index (χ3n) is 3.38. The maximum atomic E-state index is 13.0. The molecule has 0 heterocycles. The standard InChI is InChI=1S/C17H19ClFN/c1-12-8-17(19)7-6-15(12)11-20-13(2)9-14-4-3-5-16(18)10-14/h3-8,10,13,20H,9,11H2,1-2H3. The van der Waals surface area contributed by atoms with E-state index in [1.165, 1.54) is 11.6 Å². The molecule has 0 bridgehead atoms. The minimum absolute atomic E-state index is 0.182. The molecule has 2 aromatic rings. The average Bonchev–Trinajstić information content (AvgIpc) is 2.37. The minimum Gasteiger partial charge on any atom is -0.310 e. The highest BCUT2D eigenvalue weighted by Gasteiger charge is 2.05. The van der Waals surface area contributed by atoms with Gasteiger partial charge in [0.2, 0.25) is 0 Å². The molecule has 0 aliphatic heterocycles. The van der Waals surface area contributed by atoms with Gasteiger partial charge in [0.05, 0.1) is 0 Å². The molecule has 0 aliphatic rings. The van der Waals surface area contributed by atoms with Crippen LogP contribution in [0.15, 0.2) is 42.5 Å². The number of nitrogens with one attached hydrogen (secondary N) is 1. The lowest BCUT2D eigenvalue weighted by Gasteiger charge is -2.15. The molecule has 0 spiro atoms. The van der Waals surface area contributed by atoms with Crippen LogP contribution in [-0.4, -0.2) is 6.04 Å². The third kappa shape index (κ3) is 4.32. The highest BCUT2D eigenvalue weighted by Crippen LogP contribution is 2.13. The summed E-state index contributed by atoms with van der Waals surface area (Å²) in [4.78, 5) is 0. The Labute approximate surface area is 124 Å². The van der Waals surface area contributed by atoms with Crippen LogP contribution in [-0.2, 0) is 13.0 Å². The van der Waals surface area contributed by atoms with Crippen molar-refractivity contribution in [3.8, 4) is 0 Å². The lowest BCUT2D eigenvalue weighted by molar-refractivity contribution is 0.543. The van der Waals surface area contributed by atoms with Crippen molar-refractivity contribution >= 4 is 11.6 Å². The van der Waals surface area contributed by atoms with Crippen LogP contribution in [0.5, 0.6) is 0 Å². The van der Waals surface area contributed by atoms with Crippen molar-refractivity contribution in [3.05, 3.63) is 70.0 Å². The third-order valence-corrected chi connectivity index (χ3v) is 3.61. The molecule has 3 heteroatoms. The lowest BCUT2D eigenvalue weighted by atomic mass is 10.1. The minimum atomic E-state index is -0.182. The van der Waals surface area contributed by atoms with Crippen LogP contribution in [0.1, 0.15) is 23.6 Å². The van der Waals surface area contributed by atoms with E-state index >= 15 is 0 Å². The van der Waals surface area contributed by atoms with E-state index < -0.39 is 0 Å². The van der Waals surface area contributed by atoms with Gasteiger partial charge in [0.15, 0.2) is 0 Å².